The van der Waals surface area contributed by atoms with Gasteiger partial charge >= 0.3 is 0 Å². The third-order valence-electron chi connectivity index (χ3n) is 6.18. The molecule has 2 saturated carbocycles. The molecule has 5 heteroatoms. The lowest BCUT2D eigenvalue weighted by molar-refractivity contribution is -0.171. The van der Waals surface area contributed by atoms with E-state index >= 15 is 0 Å². The van der Waals surface area contributed by atoms with Gasteiger partial charge in [-0.25, -0.2) is 0 Å². The molecule has 1 heterocycles. The second-order valence-electron chi connectivity index (χ2n) is 7.47. The minimum absolute atomic E-state index is 0.384. The quantitative estimate of drug-likeness (QED) is 0.474. The summed E-state index contributed by atoms with van der Waals surface area (Å²) in [6, 6.07) is 10.5. The fourth-order valence-corrected chi connectivity index (χ4v) is 4.78. The molecular weight excluding hydrogens is 314 g/mol. The normalized spacial score (nSPS) is 29.5. The van der Waals surface area contributed by atoms with E-state index in [1.54, 1.807) is 0 Å². The number of benzene rings is 1. The molecule has 3 aliphatic rings. The van der Waals surface area contributed by atoms with Crippen molar-refractivity contribution in [2.75, 3.05) is 26.8 Å². The minimum Gasteiger partial charge on any atom is -0.494 e. The van der Waals surface area contributed by atoms with Gasteiger partial charge in [-0.2, -0.15) is 0 Å². The Bertz CT molecular complexity index is 600. The number of guanidine groups is 1. The highest BCUT2D eigenvalue weighted by Gasteiger charge is 2.66. The molecule has 1 aliphatic heterocycles. The summed E-state index contributed by atoms with van der Waals surface area (Å²) >= 11 is 0. The van der Waals surface area contributed by atoms with Gasteiger partial charge in [0.1, 0.15) is 5.75 Å². The third-order valence-corrected chi connectivity index (χ3v) is 6.18. The van der Waals surface area contributed by atoms with Crippen molar-refractivity contribution in [3.63, 3.8) is 0 Å². The summed E-state index contributed by atoms with van der Waals surface area (Å²) in [5.74, 6) is 2.51. The summed E-state index contributed by atoms with van der Waals surface area (Å²) in [4.78, 5) is 4.42. The Hall–Kier alpha value is -1.75. The van der Waals surface area contributed by atoms with Gasteiger partial charge in [0.05, 0.1) is 12.7 Å². The summed E-state index contributed by atoms with van der Waals surface area (Å²) in [6.45, 7) is 2.49. The van der Waals surface area contributed by atoms with E-state index in [4.69, 9.17) is 9.47 Å². The summed E-state index contributed by atoms with van der Waals surface area (Å²) < 4.78 is 11.7. The van der Waals surface area contributed by atoms with Crippen LogP contribution < -0.4 is 15.4 Å². The van der Waals surface area contributed by atoms with Crippen molar-refractivity contribution in [3.8, 4) is 5.75 Å². The summed E-state index contributed by atoms with van der Waals surface area (Å²) in [5.41, 5.74) is 0.384. The highest BCUT2D eigenvalue weighted by atomic mass is 16.5. The molecule has 0 aromatic heterocycles. The Balaban J connectivity index is 1.21. The molecule has 1 spiro atoms. The van der Waals surface area contributed by atoms with Gasteiger partial charge < -0.3 is 20.1 Å². The number of para-hydroxylation sites is 1. The smallest absolute Gasteiger partial charge is 0.191 e. The average Bonchev–Trinajstić information content (AvgIpc) is 3.02. The summed E-state index contributed by atoms with van der Waals surface area (Å²) in [6.07, 6.45) is 6.57. The second kappa shape index (κ2) is 7.24. The zero-order valence-corrected chi connectivity index (χ0v) is 15.0. The molecule has 1 aromatic rings. The van der Waals surface area contributed by atoms with Crippen molar-refractivity contribution in [2.24, 2.45) is 16.3 Å². The molecule has 1 aromatic carbocycles. The van der Waals surface area contributed by atoms with Crippen LogP contribution >= 0.6 is 0 Å². The molecule has 2 aliphatic carbocycles. The molecule has 0 amide bonds. The van der Waals surface area contributed by atoms with E-state index in [0.29, 0.717) is 30.1 Å². The van der Waals surface area contributed by atoms with Crippen LogP contribution in [0.5, 0.6) is 5.75 Å². The molecule has 3 atom stereocenters. The second-order valence-corrected chi connectivity index (χ2v) is 7.47. The molecule has 0 bridgehead atoms. The molecule has 5 nitrogen and oxygen atoms in total. The lowest BCUT2D eigenvalue weighted by atomic mass is 9.46. The molecule has 136 valence electrons. The number of hydrogen-bond acceptors (Lipinski definition) is 3. The van der Waals surface area contributed by atoms with Crippen LogP contribution in [-0.2, 0) is 4.74 Å². The molecule has 0 radical (unpaired) electrons. The first-order valence-electron chi connectivity index (χ1n) is 9.60. The maximum absolute atomic E-state index is 5.99. The van der Waals surface area contributed by atoms with Crippen molar-refractivity contribution >= 4 is 5.96 Å². The van der Waals surface area contributed by atoms with Crippen molar-refractivity contribution in [1.29, 1.82) is 0 Å². The van der Waals surface area contributed by atoms with Gasteiger partial charge in [-0.15, -0.1) is 0 Å². The van der Waals surface area contributed by atoms with Crippen molar-refractivity contribution in [2.45, 2.75) is 44.2 Å². The van der Waals surface area contributed by atoms with E-state index in [1.165, 1.54) is 25.7 Å². The van der Waals surface area contributed by atoms with Crippen molar-refractivity contribution in [1.82, 2.24) is 10.6 Å². The van der Waals surface area contributed by atoms with Crippen LogP contribution in [0.4, 0.5) is 0 Å². The van der Waals surface area contributed by atoms with Gasteiger partial charge in [0.2, 0.25) is 0 Å². The molecule has 2 N–H and O–H groups in total. The van der Waals surface area contributed by atoms with Crippen LogP contribution in [-0.4, -0.2) is 44.9 Å². The number of hydrogen-bond donors (Lipinski definition) is 2. The first-order chi connectivity index (χ1) is 12.3. The zero-order valence-electron chi connectivity index (χ0n) is 15.0. The topological polar surface area (TPSA) is 54.9 Å². The average molecular weight is 343 g/mol. The Morgan fingerprint density at radius 2 is 2.16 bits per heavy atom. The van der Waals surface area contributed by atoms with E-state index < -0.39 is 0 Å². The maximum Gasteiger partial charge on any atom is 0.191 e. The Kier molecular flexibility index (Phi) is 4.84. The highest BCUT2D eigenvalue weighted by Crippen LogP contribution is 2.62. The van der Waals surface area contributed by atoms with Crippen LogP contribution in [0, 0.1) is 11.3 Å². The largest absolute Gasteiger partial charge is 0.494 e. The molecular formula is C20H29N3O2. The number of ether oxygens (including phenoxy) is 2. The van der Waals surface area contributed by atoms with Gasteiger partial charge in [0, 0.05) is 37.6 Å². The Morgan fingerprint density at radius 3 is 2.88 bits per heavy atom. The number of nitrogens with zero attached hydrogens (tertiary/aromatic N) is 1. The standard InChI is InChI=1S/C20H29N3O2/c1-21-19(22-12-6-13-24-15-7-3-2-4-8-15)23-17-16-9-14-25-18(16)20(17)10-5-11-20/h2-4,7-8,16-18H,5-6,9-14H2,1H3,(H2,21,22,23). The molecule has 3 unspecified atom stereocenters. The zero-order chi connectivity index (χ0) is 17.1. The lowest BCUT2D eigenvalue weighted by Crippen LogP contribution is -2.72. The van der Waals surface area contributed by atoms with E-state index in [1.807, 2.05) is 37.4 Å². The predicted molar refractivity (Wildman–Crippen MR) is 99.0 cm³/mol. The highest BCUT2D eigenvalue weighted by molar-refractivity contribution is 5.80. The molecule has 3 fully saturated rings. The van der Waals surface area contributed by atoms with Crippen molar-refractivity contribution < 1.29 is 9.47 Å². The van der Waals surface area contributed by atoms with E-state index in [2.05, 4.69) is 15.6 Å². The SMILES string of the molecule is CN=C(NCCCOc1ccccc1)NC1C2CCOC2C12CCC2. The minimum atomic E-state index is 0.384. The first kappa shape index (κ1) is 16.7. The molecule has 25 heavy (non-hydrogen) atoms. The van der Waals surface area contributed by atoms with E-state index in [-0.39, 0.29) is 0 Å². The van der Waals surface area contributed by atoms with Gasteiger partial charge in [0.15, 0.2) is 5.96 Å². The Labute approximate surface area is 150 Å². The predicted octanol–water partition coefficient (Wildman–Crippen LogP) is 2.58. The van der Waals surface area contributed by atoms with Crippen molar-refractivity contribution in [3.05, 3.63) is 30.3 Å². The lowest BCUT2D eigenvalue weighted by Gasteiger charge is -2.63. The van der Waals surface area contributed by atoms with Gasteiger partial charge in [-0.3, -0.25) is 4.99 Å². The van der Waals surface area contributed by atoms with Gasteiger partial charge in [-0.1, -0.05) is 24.6 Å². The van der Waals surface area contributed by atoms with Crippen LogP contribution in [0.1, 0.15) is 32.1 Å². The molecule has 4 rings (SSSR count). The van der Waals surface area contributed by atoms with Crippen LogP contribution in [0.2, 0.25) is 0 Å². The van der Waals surface area contributed by atoms with Crippen LogP contribution in [0.15, 0.2) is 35.3 Å². The van der Waals surface area contributed by atoms with Gasteiger partial charge in [-0.05, 0) is 37.8 Å². The summed E-state index contributed by atoms with van der Waals surface area (Å²) in [7, 11) is 1.85. The fourth-order valence-electron chi connectivity index (χ4n) is 4.78. The summed E-state index contributed by atoms with van der Waals surface area (Å²) in [5, 5.41) is 7.13. The van der Waals surface area contributed by atoms with E-state index in [0.717, 1.165) is 31.3 Å². The third kappa shape index (κ3) is 3.10. The number of aliphatic imine (C=N–C) groups is 1. The monoisotopic (exact) mass is 343 g/mol. The number of fused-ring (bicyclic) bond motifs is 2. The number of rotatable bonds is 6. The number of nitrogens with one attached hydrogen (secondary N) is 2. The van der Waals surface area contributed by atoms with Crippen LogP contribution in [0.25, 0.3) is 0 Å². The molecule has 1 saturated heterocycles. The Morgan fingerprint density at radius 1 is 1.32 bits per heavy atom. The fraction of sp³-hybridized carbons (Fsp3) is 0.650. The maximum atomic E-state index is 5.99. The van der Waals surface area contributed by atoms with Crippen LogP contribution in [0.3, 0.4) is 0 Å². The van der Waals surface area contributed by atoms with Gasteiger partial charge in [0.25, 0.3) is 0 Å². The van der Waals surface area contributed by atoms with E-state index in [9.17, 15) is 0 Å². The first-order valence-corrected chi connectivity index (χ1v) is 9.60.